The molecule has 0 saturated carbocycles. The van der Waals surface area contributed by atoms with Crippen molar-refractivity contribution in [1.82, 2.24) is 20.4 Å². The van der Waals surface area contributed by atoms with Crippen LogP contribution >= 0.6 is 24.0 Å². The van der Waals surface area contributed by atoms with Gasteiger partial charge in [0, 0.05) is 32.2 Å². The second kappa shape index (κ2) is 12.3. The highest BCUT2D eigenvalue weighted by Gasteiger charge is 2.22. The van der Waals surface area contributed by atoms with Crippen LogP contribution in [0.4, 0.5) is 0 Å². The van der Waals surface area contributed by atoms with Gasteiger partial charge in [0.1, 0.15) is 0 Å². The summed E-state index contributed by atoms with van der Waals surface area (Å²) in [6, 6.07) is 0.672. The third kappa shape index (κ3) is 7.44. The highest BCUT2D eigenvalue weighted by molar-refractivity contribution is 14.0. The van der Waals surface area contributed by atoms with Gasteiger partial charge in [-0.3, -0.25) is 9.89 Å². The summed E-state index contributed by atoms with van der Waals surface area (Å²) >= 11 is 0. The standard InChI is InChI=1S/C18H37N5.HI/c1-4-19-18(21-14-17-9-8-12-23(17)5-2)20-13-16(3)15-22-10-6-7-11-22;/h16-17H,4-15H2,1-3H3,(H2,19,20,21);1H. The van der Waals surface area contributed by atoms with Crippen LogP contribution in [-0.2, 0) is 0 Å². The van der Waals surface area contributed by atoms with Crippen LogP contribution in [0, 0.1) is 5.92 Å². The van der Waals surface area contributed by atoms with E-state index in [2.05, 4.69) is 41.2 Å². The number of nitrogens with zero attached hydrogens (tertiary/aromatic N) is 3. The van der Waals surface area contributed by atoms with Crippen LogP contribution in [0.2, 0.25) is 0 Å². The molecule has 2 N–H and O–H groups in total. The molecule has 0 radical (unpaired) electrons. The number of nitrogens with one attached hydrogen (secondary N) is 2. The van der Waals surface area contributed by atoms with Crippen molar-refractivity contribution in [1.29, 1.82) is 0 Å². The minimum atomic E-state index is 0. The number of likely N-dealkylation sites (tertiary alicyclic amines) is 2. The van der Waals surface area contributed by atoms with Crippen molar-refractivity contribution in [2.24, 2.45) is 10.9 Å². The van der Waals surface area contributed by atoms with Crippen LogP contribution in [0.1, 0.15) is 46.5 Å². The Bertz CT molecular complexity index is 357. The highest BCUT2D eigenvalue weighted by Crippen LogP contribution is 2.15. The first kappa shape index (κ1) is 22.0. The molecule has 142 valence electrons. The van der Waals surface area contributed by atoms with Crippen LogP contribution in [0.3, 0.4) is 0 Å². The van der Waals surface area contributed by atoms with Crippen molar-refractivity contribution < 1.29 is 0 Å². The maximum atomic E-state index is 4.82. The molecule has 0 spiro atoms. The van der Waals surface area contributed by atoms with Crippen molar-refractivity contribution in [3.63, 3.8) is 0 Å². The molecule has 2 aliphatic rings. The van der Waals surface area contributed by atoms with Gasteiger partial charge in [-0.15, -0.1) is 24.0 Å². The lowest BCUT2D eigenvalue weighted by Crippen LogP contribution is -2.45. The van der Waals surface area contributed by atoms with Gasteiger partial charge in [-0.1, -0.05) is 13.8 Å². The van der Waals surface area contributed by atoms with Crippen LogP contribution in [-0.4, -0.2) is 74.2 Å². The highest BCUT2D eigenvalue weighted by atomic mass is 127. The molecule has 2 rings (SSSR count). The van der Waals surface area contributed by atoms with E-state index in [1.807, 2.05) is 0 Å². The zero-order chi connectivity index (χ0) is 16.5. The molecule has 2 unspecified atom stereocenters. The number of guanidine groups is 1. The number of hydrogen-bond acceptors (Lipinski definition) is 3. The maximum absolute atomic E-state index is 4.82. The maximum Gasteiger partial charge on any atom is 0.191 e. The van der Waals surface area contributed by atoms with Crippen molar-refractivity contribution in [3.8, 4) is 0 Å². The Morgan fingerprint density at radius 3 is 2.54 bits per heavy atom. The fourth-order valence-corrected chi connectivity index (χ4v) is 3.81. The lowest BCUT2D eigenvalue weighted by molar-refractivity contribution is 0.266. The van der Waals surface area contributed by atoms with Gasteiger partial charge in [-0.25, -0.2) is 0 Å². The molecule has 0 aromatic carbocycles. The summed E-state index contributed by atoms with van der Waals surface area (Å²) in [7, 11) is 0. The molecule has 2 heterocycles. The van der Waals surface area contributed by atoms with Crippen molar-refractivity contribution in [2.75, 3.05) is 52.4 Å². The second-order valence-electron chi connectivity index (χ2n) is 7.14. The average molecular weight is 451 g/mol. The molecule has 0 bridgehead atoms. The molecule has 0 aliphatic carbocycles. The fourth-order valence-electron chi connectivity index (χ4n) is 3.81. The molecule has 0 aromatic rings. The van der Waals surface area contributed by atoms with E-state index in [4.69, 9.17) is 4.99 Å². The summed E-state index contributed by atoms with van der Waals surface area (Å²) in [5.41, 5.74) is 0. The van der Waals surface area contributed by atoms with Gasteiger partial charge < -0.3 is 15.5 Å². The van der Waals surface area contributed by atoms with E-state index in [1.54, 1.807) is 0 Å². The lowest BCUT2D eigenvalue weighted by Gasteiger charge is -2.24. The predicted octanol–water partition coefficient (Wildman–Crippen LogP) is 2.38. The van der Waals surface area contributed by atoms with E-state index < -0.39 is 0 Å². The topological polar surface area (TPSA) is 42.9 Å². The molecule has 2 fully saturated rings. The van der Waals surface area contributed by atoms with E-state index in [1.165, 1.54) is 51.9 Å². The first-order chi connectivity index (χ1) is 11.2. The van der Waals surface area contributed by atoms with E-state index in [0.29, 0.717) is 12.0 Å². The molecule has 2 aliphatic heterocycles. The zero-order valence-electron chi connectivity index (χ0n) is 15.9. The molecule has 5 nitrogen and oxygen atoms in total. The zero-order valence-corrected chi connectivity index (χ0v) is 18.2. The van der Waals surface area contributed by atoms with Crippen molar-refractivity contribution in [3.05, 3.63) is 0 Å². The van der Waals surface area contributed by atoms with Crippen LogP contribution in [0.25, 0.3) is 0 Å². The van der Waals surface area contributed by atoms with Gasteiger partial charge in [-0.05, 0) is 64.7 Å². The second-order valence-corrected chi connectivity index (χ2v) is 7.14. The first-order valence-electron chi connectivity index (χ1n) is 9.71. The van der Waals surface area contributed by atoms with Crippen LogP contribution < -0.4 is 10.6 Å². The minimum Gasteiger partial charge on any atom is -0.357 e. The summed E-state index contributed by atoms with van der Waals surface area (Å²) in [6.07, 6.45) is 5.39. The van der Waals surface area contributed by atoms with Gasteiger partial charge in [0.15, 0.2) is 5.96 Å². The van der Waals surface area contributed by atoms with Crippen LogP contribution in [0.5, 0.6) is 0 Å². The third-order valence-corrected chi connectivity index (χ3v) is 5.08. The molecule has 2 saturated heterocycles. The minimum absolute atomic E-state index is 0. The van der Waals surface area contributed by atoms with Gasteiger partial charge in [0.25, 0.3) is 0 Å². The normalized spacial score (nSPS) is 24.0. The van der Waals surface area contributed by atoms with Crippen molar-refractivity contribution in [2.45, 2.75) is 52.5 Å². The van der Waals surface area contributed by atoms with E-state index in [0.717, 1.165) is 32.1 Å². The quantitative estimate of drug-likeness (QED) is 0.338. The van der Waals surface area contributed by atoms with Gasteiger partial charge in [0.05, 0.1) is 0 Å². The van der Waals surface area contributed by atoms with Gasteiger partial charge in [-0.2, -0.15) is 0 Å². The molecule has 0 aromatic heterocycles. The number of aliphatic imine (C=N–C) groups is 1. The molecular formula is C18H38IN5. The first-order valence-corrected chi connectivity index (χ1v) is 9.71. The summed E-state index contributed by atoms with van der Waals surface area (Å²) in [5.74, 6) is 1.62. The molecule has 0 amide bonds. The summed E-state index contributed by atoms with van der Waals surface area (Å²) in [5, 5.41) is 6.95. The van der Waals surface area contributed by atoms with E-state index in [-0.39, 0.29) is 24.0 Å². The number of halogens is 1. The Morgan fingerprint density at radius 2 is 1.88 bits per heavy atom. The largest absolute Gasteiger partial charge is 0.357 e. The summed E-state index contributed by atoms with van der Waals surface area (Å²) < 4.78 is 0. The van der Waals surface area contributed by atoms with Gasteiger partial charge in [0.2, 0.25) is 0 Å². The number of likely N-dealkylation sites (N-methyl/N-ethyl adjacent to an activating group) is 1. The summed E-state index contributed by atoms with van der Waals surface area (Å²) in [6.45, 7) is 15.7. The van der Waals surface area contributed by atoms with Crippen LogP contribution in [0.15, 0.2) is 4.99 Å². The predicted molar refractivity (Wildman–Crippen MR) is 115 cm³/mol. The Labute approximate surface area is 166 Å². The van der Waals surface area contributed by atoms with Gasteiger partial charge >= 0.3 is 0 Å². The fraction of sp³-hybridized carbons (Fsp3) is 0.944. The monoisotopic (exact) mass is 451 g/mol. The molecular weight excluding hydrogens is 413 g/mol. The third-order valence-electron chi connectivity index (χ3n) is 5.08. The molecule has 6 heteroatoms. The Balaban J connectivity index is 0.00000288. The Kier molecular flexibility index (Phi) is 11.3. The smallest absolute Gasteiger partial charge is 0.191 e. The Hall–Kier alpha value is -0.0800. The lowest BCUT2D eigenvalue weighted by atomic mass is 10.2. The molecule has 2 atom stereocenters. The average Bonchev–Trinajstić information content (AvgIpc) is 3.21. The number of rotatable bonds is 8. The molecule has 24 heavy (non-hydrogen) atoms. The van der Waals surface area contributed by atoms with Crippen molar-refractivity contribution >= 4 is 29.9 Å². The summed E-state index contributed by atoms with van der Waals surface area (Å²) in [4.78, 5) is 9.97. The van der Waals surface area contributed by atoms with E-state index in [9.17, 15) is 0 Å². The number of hydrogen-bond donors (Lipinski definition) is 2. The SMILES string of the molecule is CCNC(=NCC(C)CN1CCCC1)NCC1CCCN1CC.I. The van der Waals surface area contributed by atoms with E-state index >= 15 is 0 Å². The Morgan fingerprint density at radius 1 is 1.12 bits per heavy atom.